The van der Waals surface area contributed by atoms with Gasteiger partial charge in [0.25, 0.3) is 0 Å². The first-order valence-electron chi connectivity index (χ1n) is 5.29. The van der Waals surface area contributed by atoms with E-state index in [4.69, 9.17) is 0 Å². The van der Waals surface area contributed by atoms with Crippen LogP contribution >= 0.6 is 0 Å². The van der Waals surface area contributed by atoms with E-state index in [2.05, 4.69) is 24.1 Å². The summed E-state index contributed by atoms with van der Waals surface area (Å²) in [6.45, 7) is 8.49. The van der Waals surface area contributed by atoms with Crippen molar-refractivity contribution >= 4 is 0 Å². The molecule has 70 valence electrons. The van der Waals surface area contributed by atoms with Crippen LogP contribution in [0, 0.1) is 5.92 Å². The van der Waals surface area contributed by atoms with Gasteiger partial charge in [-0.2, -0.15) is 0 Å². The van der Waals surface area contributed by atoms with Crippen LogP contribution in [0.1, 0.15) is 26.7 Å². The van der Waals surface area contributed by atoms with Crippen molar-refractivity contribution in [2.45, 2.75) is 38.8 Å². The molecule has 2 rings (SSSR count). The quantitative estimate of drug-likeness (QED) is 0.663. The summed E-state index contributed by atoms with van der Waals surface area (Å²) in [4.78, 5) is 2.70. The first-order valence-corrected chi connectivity index (χ1v) is 5.29. The molecule has 2 saturated heterocycles. The van der Waals surface area contributed by atoms with Crippen molar-refractivity contribution in [3.63, 3.8) is 0 Å². The van der Waals surface area contributed by atoms with Crippen molar-refractivity contribution in [2.24, 2.45) is 5.92 Å². The molecule has 0 spiro atoms. The highest BCUT2D eigenvalue weighted by molar-refractivity contribution is 4.95. The minimum atomic E-state index is 0.792. The number of nitrogens with zero attached hydrogens (tertiary/aromatic N) is 1. The molecular weight excluding hydrogens is 148 g/mol. The molecule has 2 nitrogen and oxygen atoms in total. The van der Waals surface area contributed by atoms with E-state index in [1.165, 1.54) is 32.5 Å². The second kappa shape index (κ2) is 3.35. The topological polar surface area (TPSA) is 15.3 Å². The molecule has 0 aromatic heterocycles. The zero-order chi connectivity index (χ0) is 8.55. The Morgan fingerprint density at radius 1 is 1.50 bits per heavy atom. The third-order valence-corrected chi connectivity index (χ3v) is 3.65. The van der Waals surface area contributed by atoms with E-state index in [1.54, 1.807) is 0 Å². The fourth-order valence-corrected chi connectivity index (χ4v) is 2.66. The normalized spacial score (nSPS) is 38.5. The second-order valence-electron chi connectivity index (χ2n) is 4.27. The lowest BCUT2D eigenvalue weighted by molar-refractivity contribution is 0.186. The molecule has 0 saturated carbocycles. The summed E-state index contributed by atoms with van der Waals surface area (Å²) in [6, 6.07) is 1.65. The third-order valence-electron chi connectivity index (χ3n) is 3.65. The lowest BCUT2D eigenvalue weighted by Crippen LogP contribution is -2.40. The van der Waals surface area contributed by atoms with E-state index in [9.17, 15) is 0 Å². The Morgan fingerprint density at radius 3 is 3.08 bits per heavy atom. The lowest BCUT2D eigenvalue weighted by atomic mass is 10.0. The smallest absolute Gasteiger partial charge is 0.0264 e. The van der Waals surface area contributed by atoms with Crippen LogP contribution in [0.15, 0.2) is 0 Å². The number of hydrogen-bond donors (Lipinski definition) is 1. The molecule has 2 aliphatic heterocycles. The highest BCUT2D eigenvalue weighted by Gasteiger charge is 2.38. The molecule has 2 aliphatic rings. The van der Waals surface area contributed by atoms with E-state index in [0.29, 0.717) is 0 Å². The first kappa shape index (κ1) is 8.52. The van der Waals surface area contributed by atoms with Gasteiger partial charge in [0, 0.05) is 18.6 Å². The summed E-state index contributed by atoms with van der Waals surface area (Å²) < 4.78 is 0. The summed E-state index contributed by atoms with van der Waals surface area (Å²) in [7, 11) is 0. The Hall–Kier alpha value is -0.0800. The zero-order valence-electron chi connectivity index (χ0n) is 8.21. The standard InChI is InChI=1S/C10H20N2/c1-3-8(2)12-5-4-9-6-11-7-10(9)12/h8-11H,3-7H2,1-2H3/t8?,9-,10+/m0/s1. The molecule has 1 N–H and O–H groups in total. The molecule has 2 heterocycles. The second-order valence-corrected chi connectivity index (χ2v) is 4.27. The lowest BCUT2D eigenvalue weighted by Gasteiger charge is -2.28. The predicted octanol–water partition coefficient (Wildman–Crippen LogP) is 1.08. The van der Waals surface area contributed by atoms with Crippen LogP contribution in [0.3, 0.4) is 0 Å². The molecule has 0 aliphatic carbocycles. The van der Waals surface area contributed by atoms with Crippen LogP contribution in [-0.2, 0) is 0 Å². The highest BCUT2D eigenvalue weighted by atomic mass is 15.2. The van der Waals surface area contributed by atoms with E-state index in [0.717, 1.165) is 18.0 Å². The molecule has 0 bridgehead atoms. The maximum absolute atomic E-state index is 3.49. The van der Waals surface area contributed by atoms with Crippen molar-refractivity contribution in [3.8, 4) is 0 Å². The molecule has 0 amide bonds. The van der Waals surface area contributed by atoms with Gasteiger partial charge in [-0.3, -0.25) is 4.90 Å². The third kappa shape index (κ3) is 1.27. The Kier molecular flexibility index (Phi) is 2.37. The molecule has 0 radical (unpaired) electrons. The maximum Gasteiger partial charge on any atom is 0.0264 e. The van der Waals surface area contributed by atoms with E-state index in [1.807, 2.05) is 0 Å². The van der Waals surface area contributed by atoms with Crippen molar-refractivity contribution in [2.75, 3.05) is 19.6 Å². The molecule has 0 aromatic carbocycles. The summed E-state index contributed by atoms with van der Waals surface area (Å²) in [5.74, 6) is 0.957. The van der Waals surface area contributed by atoms with Gasteiger partial charge < -0.3 is 5.32 Å². The number of likely N-dealkylation sites (tertiary alicyclic amines) is 1. The zero-order valence-corrected chi connectivity index (χ0v) is 8.21. The van der Waals surface area contributed by atoms with E-state index >= 15 is 0 Å². The van der Waals surface area contributed by atoms with Crippen LogP contribution in [0.25, 0.3) is 0 Å². The Balaban J connectivity index is 1.99. The molecular formula is C10H20N2. The Morgan fingerprint density at radius 2 is 2.33 bits per heavy atom. The summed E-state index contributed by atoms with van der Waals surface area (Å²) in [6.07, 6.45) is 2.71. The largest absolute Gasteiger partial charge is 0.315 e. The minimum Gasteiger partial charge on any atom is -0.315 e. The van der Waals surface area contributed by atoms with Gasteiger partial charge in [0.05, 0.1) is 0 Å². The number of fused-ring (bicyclic) bond motifs is 1. The van der Waals surface area contributed by atoms with Gasteiger partial charge in [-0.1, -0.05) is 6.92 Å². The van der Waals surface area contributed by atoms with E-state index in [-0.39, 0.29) is 0 Å². The van der Waals surface area contributed by atoms with Crippen molar-refractivity contribution in [3.05, 3.63) is 0 Å². The van der Waals surface area contributed by atoms with Gasteiger partial charge in [0.2, 0.25) is 0 Å². The van der Waals surface area contributed by atoms with Crippen LogP contribution in [0.4, 0.5) is 0 Å². The van der Waals surface area contributed by atoms with Crippen molar-refractivity contribution in [1.29, 1.82) is 0 Å². The molecule has 2 fully saturated rings. The van der Waals surface area contributed by atoms with Crippen LogP contribution in [0.5, 0.6) is 0 Å². The highest BCUT2D eigenvalue weighted by Crippen LogP contribution is 2.29. The summed E-state index contributed by atoms with van der Waals surface area (Å²) in [5.41, 5.74) is 0. The fourth-order valence-electron chi connectivity index (χ4n) is 2.66. The Bertz CT molecular complexity index is 158. The van der Waals surface area contributed by atoms with Crippen molar-refractivity contribution in [1.82, 2.24) is 10.2 Å². The van der Waals surface area contributed by atoms with Gasteiger partial charge in [0.15, 0.2) is 0 Å². The number of hydrogen-bond acceptors (Lipinski definition) is 2. The molecule has 0 aromatic rings. The van der Waals surface area contributed by atoms with Gasteiger partial charge in [0.1, 0.15) is 0 Å². The SMILES string of the molecule is CCC(C)N1CC[C@H]2CNC[C@H]21. The number of rotatable bonds is 2. The average Bonchev–Trinajstić information content (AvgIpc) is 2.62. The minimum absolute atomic E-state index is 0.792. The molecule has 2 heteroatoms. The van der Waals surface area contributed by atoms with E-state index < -0.39 is 0 Å². The molecule has 1 unspecified atom stereocenters. The van der Waals surface area contributed by atoms with Crippen molar-refractivity contribution < 1.29 is 0 Å². The van der Waals surface area contributed by atoms with Gasteiger partial charge >= 0.3 is 0 Å². The molecule has 3 atom stereocenters. The first-order chi connectivity index (χ1) is 5.83. The predicted molar refractivity (Wildman–Crippen MR) is 51.2 cm³/mol. The average molecular weight is 168 g/mol. The van der Waals surface area contributed by atoms with Gasteiger partial charge in [-0.15, -0.1) is 0 Å². The monoisotopic (exact) mass is 168 g/mol. The maximum atomic E-state index is 3.49. The van der Waals surface area contributed by atoms with Crippen LogP contribution in [-0.4, -0.2) is 36.6 Å². The fraction of sp³-hybridized carbons (Fsp3) is 1.00. The number of nitrogens with one attached hydrogen (secondary N) is 1. The van der Waals surface area contributed by atoms with Gasteiger partial charge in [-0.05, 0) is 38.8 Å². The summed E-state index contributed by atoms with van der Waals surface area (Å²) >= 11 is 0. The van der Waals surface area contributed by atoms with Crippen LogP contribution < -0.4 is 5.32 Å². The molecule has 12 heavy (non-hydrogen) atoms. The van der Waals surface area contributed by atoms with Crippen LogP contribution in [0.2, 0.25) is 0 Å². The Labute approximate surface area is 75.3 Å². The summed E-state index contributed by atoms with van der Waals surface area (Å²) in [5, 5.41) is 3.49. The van der Waals surface area contributed by atoms with Gasteiger partial charge in [-0.25, -0.2) is 0 Å².